The van der Waals surface area contributed by atoms with Crippen LogP contribution in [-0.4, -0.2) is 6.71 Å². The minimum atomic E-state index is -0.152. The average molecular weight is 957 g/mol. The molecule has 2 aliphatic heterocycles. The van der Waals surface area contributed by atoms with E-state index in [1.807, 2.05) is 11.3 Å². The summed E-state index contributed by atoms with van der Waals surface area (Å²) in [7, 11) is 0. The molecule has 15 rings (SSSR count). The second kappa shape index (κ2) is 14.2. The predicted octanol–water partition coefficient (Wildman–Crippen LogP) is 16.9. The number of furan rings is 1. The number of fused-ring (bicyclic) bond motifs is 13. The number of hydrogen-bond acceptors (Lipinski definition) is 4. The van der Waals surface area contributed by atoms with Gasteiger partial charge in [0.15, 0.2) is 5.58 Å². The fourth-order valence-electron chi connectivity index (χ4n) is 15.6. The molecule has 0 unspecified atom stereocenters. The minimum Gasteiger partial charge on any atom is -0.454 e. The van der Waals surface area contributed by atoms with Crippen molar-refractivity contribution < 1.29 is 4.42 Å². The van der Waals surface area contributed by atoms with Crippen molar-refractivity contribution >= 4 is 99.9 Å². The van der Waals surface area contributed by atoms with E-state index in [2.05, 4.69) is 206 Å². The third-order valence-electron chi connectivity index (χ3n) is 19.4. The van der Waals surface area contributed by atoms with Crippen molar-refractivity contribution in [2.24, 2.45) is 11.8 Å². The van der Waals surface area contributed by atoms with Gasteiger partial charge in [-0.3, -0.25) is 0 Å². The smallest absolute Gasteiger partial charge is 0.264 e. The van der Waals surface area contributed by atoms with E-state index >= 15 is 0 Å². The molecule has 72 heavy (non-hydrogen) atoms. The van der Waals surface area contributed by atoms with E-state index in [0.29, 0.717) is 11.8 Å². The van der Waals surface area contributed by atoms with Crippen LogP contribution < -0.4 is 25.5 Å². The van der Waals surface area contributed by atoms with Gasteiger partial charge in [0.25, 0.3) is 6.71 Å². The van der Waals surface area contributed by atoms with Gasteiger partial charge in [-0.05, 0) is 170 Å². The SMILES string of the molecule is CC(C)(C)c1ccc2c(c1)N(c1cccc3c1-c1ccccc1C31C3CCC1CC3)c1cc(C(C)(C)C)cc3c1B2c1sc2cc4c(cc2c1N3c1cccc2c1oc1ccccc12)C(C)(C)CCC4(C)C. The van der Waals surface area contributed by atoms with Crippen molar-refractivity contribution in [1.29, 1.82) is 0 Å². The van der Waals surface area contributed by atoms with Gasteiger partial charge >= 0.3 is 0 Å². The van der Waals surface area contributed by atoms with Gasteiger partial charge in [-0.25, -0.2) is 0 Å². The van der Waals surface area contributed by atoms with Crippen LogP contribution in [0.2, 0.25) is 0 Å². The first kappa shape index (κ1) is 43.5. The summed E-state index contributed by atoms with van der Waals surface area (Å²) < 4.78 is 9.89. The Morgan fingerprint density at radius 1 is 0.542 bits per heavy atom. The fourth-order valence-corrected chi connectivity index (χ4v) is 17.0. The van der Waals surface area contributed by atoms with Gasteiger partial charge in [-0.2, -0.15) is 0 Å². The van der Waals surface area contributed by atoms with E-state index in [0.717, 1.165) is 27.6 Å². The second-order valence-electron chi connectivity index (χ2n) is 26.2. The molecule has 2 aromatic heterocycles. The standard InChI is InChI=1S/C67H65BN2OS/c1-63(2,3)40-29-30-50-53(33-40)69(51-22-16-21-47-58(51)44-18-11-13-20-46(44)67(47)38-25-26-39(67)28-27-38)54-34-41(64(4,5)6)35-55-59(54)68(50)62-60(45-36-48-49(37-57(45)72-62)66(9,10)32-31-65(48,7)8)70(55)52-23-15-19-43-42-17-12-14-24-56(42)71-61(43)52/h11-24,29-30,33-39H,25-28,31-32H2,1-10H3. The third-order valence-corrected chi connectivity index (χ3v) is 20.6. The van der Waals surface area contributed by atoms with Crippen molar-refractivity contribution in [2.45, 2.75) is 135 Å². The van der Waals surface area contributed by atoms with E-state index in [1.165, 1.54) is 126 Å². The Hall–Kier alpha value is -6.04. The number of anilines is 6. The molecule has 1 spiro atoms. The topological polar surface area (TPSA) is 19.6 Å². The van der Waals surface area contributed by atoms with Crippen molar-refractivity contribution in [3.63, 3.8) is 0 Å². The summed E-state index contributed by atoms with van der Waals surface area (Å²) in [6, 6.07) is 50.5. The van der Waals surface area contributed by atoms with Crippen LogP contribution in [0.4, 0.5) is 34.1 Å². The number of rotatable bonds is 2. The quantitative estimate of drug-likeness (QED) is 0.161. The molecule has 358 valence electrons. The van der Waals surface area contributed by atoms with Crippen LogP contribution >= 0.6 is 11.3 Å². The summed E-state index contributed by atoms with van der Waals surface area (Å²) in [5.41, 5.74) is 24.0. The number of benzene rings is 7. The summed E-state index contributed by atoms with van der Waals surface area (Å²) in [6.45, 7) is 24.3. The molecule has 2 bridgehead atoms. The lowest BCUT2D eigenvalue weighted by atomic mass is 9.36. The molecule has 2 saturated carbocycles. The predicted molar refractivity (Wildman–Crippen MR) is 307 cm³/mol. The Kier molecular flexibility index (Phi) is 8.57. The average Bonchev–Trinajstić information content (AvgIpc) is 4.19. The maximum Gasteiger partial charge on any atom is 0.264 e. The molecule has 0 saturated heterocycles. The highest BCUT2D eigenvalue weighted by Gasteiger charge is 2.60. The monoisotopic (exact) mass is 956 g/mol. The van der Waals surface area contributed by atoms with Crippen LogP contribution in [0.25, 0.3) is 43.2 Å². The molecule has 0 amide bonds. The number of hydrogen-bond donors (Lipinski definition) is 0. The molecule has 9 aromatic rings. The highest BCUT2D eigenvalue weighted by Crippen LogP contribution is 2.69. The van der Waals surface area contributed by atoms with Crippen molar-refractivity contribution in [1.82, 2.24) is 0 Å². The van der Waals surface area contributed by atoms with Gasteiger partial charge in [0, 0.05) is 53.7 Å². The summed E-state index contributed by atoms with van der Waals surface area (Å²) in [4.78, 5) is 5.45. The van der Waals surface area contributed by atoms with E-state index in [1.54, 1.807) is 11.1 Å². The molecular weight excluding hydrogens is 892 g/mol. The molecule has 3 nitrogen and oxygen atoms in total. The van der Waals surface area contributed by atoms with Crippen LogP contribution in [-0.2, 0) is 27.1 Å². The Balaban J connectivity index is 1.10. The number of thiophene rings is 1. The molecule has 0 N–H and O–H groups in total. The summed E-state index contributed by atoms with van der Waals surface area (Å²) in [6.07, 6.45) is 7.68. The van der Waals surface area contributed by atoms with Crippen molar-refractivity contribution in [3.05, 3.63) is 161 Å². The molecular formula is C67H65BN2OS. The lowest BCUT2D eigenvalue weighted by Gasteiger charge is -2.45. The van der Waals surface area contributed by atoms with Crippen LogP contribution in [0.15, 0.2) is 132 Å². The normalized spacial score (nSPS) is 21.9. The Morgan fingerprint density at radius 2 is 1.15 bits per heavy atom. The second-order valence-corrected chi connectivity index (χ2v) is 27.3. The van der Waals surface area contributed by atoms with Gasteiger partial charge in [-0.15, -0.1) is 11.3 Å². The highest BCUT2D eigenvalue weighted by atomic mass is 32.1. The minimum absolute atomic E-state index is 0.0157. The third kappa shape index (κ3) is 5.54. The lowest BCUT2D eigenvalue weighted by molar-refractivity contribution is 0.332. The van der Waals surface area contributed by atoms with Crippen LogP contribution in [0.3, 0.4) is 0 Å². The lowest BCUT2D eigenvalue weighted by Crippen LogP contribution is -2.60. The molecule has 0 atom stereocenters. The zero-order chi connectivity index (χ0) is 49.2. The van der Waals surface area contributed by atoms with Crippen molar-refractivity contribution in [3.8, 4) is 11.1 Å². The van der Waals surface area contributed by atoms with Crippen molar-refractivity contribution in [2.75, 3.05) is 9.80 Å². The molecule has 5 heteroatoms. The van der Waals surface area contributed by atoms with Gasteiger partial charge in [0.2, 0.25) is 0 Å². The zero-order valence-electron chi connectivity index (χ0n) is 43.8. The maximum absolute atomic E-state index is 7.10. The highest BCUT2D eigenvalue weighted by molar-refractivity contribution is 7.33. The Labute approximate surface area is 430 Å². The summed E-state index contributed by atoms with van der Waals surface area (Å²) in [5, 5.41) is 3.66. The van der Waals surface area contributed by atoms with Crippen LogP contribution in [0, 0.1) is 11.8 Å². The van der Waals surface area contributed by atoms with Gasteiger partial charge < -0.3 is 14.2 Å². The van der Waals surface area contributed by atoms with Gasteiger partial charge in [0.05, 0.1) is 17.1 Å². The fraction of sp³-hybridized carbons (Fsp3) is 0.343. The molecule has 4 heterocycles. The number of nitrogens with zero attached hydrogens (tertiary/aromatic N) is 2. The molecule has 6 aliphatic rings. The van der Waals surface area contributed by atoms with E-state index < -0.39 is 0 Å². The first-order valence-corrected chi connectivity index (χ1v) is 27.9. The molecule has 0 radical (unpaired) electrons. The van der Waals surface area contributed by atoms with E-state index in [9.17, 15) is 0 Å². The van der Waals surface area contributed by atoms with Crippen LogP contribution in [0.1, 0.15) is 141 Å². The first-order valence-electron chi connectivity index (χ1n) is 27.1. The van der Waals surface area contributed by atoms with Crippen LogP contribution in [0.5, 0.6) is 0 Å². The Morgan fingerprint density at radius 3 is 1.89 bits per heavy atom. The summed E-state index contributed by atoms with van der Waals surface area (Å²) in [5.74, 6) is 1.37. The van der Waals surface area contributed by atoms with E-state index in [-0.39, 0.29) is 33.8 Å². The zero-order valence-corrected chi connectivity index (χ0v) is 44.6. The number of para-hydroxylation sites is 2. The maximum atomic E-state index is 7.10. The Bertz CT molecular complexity index is 3830. The molecule has 4 aliphatic carbocycles. The largest absolute Gasteiger partial charge is 0.454 e. The van der Waals surface area contributed by atoms with Gasteiger partial charge in [-0.1, -0.05) is 148 Å². The first-order chi connectivity index (χ1) is 34.4. The van der Waals surface area contributed by atoms with E-state index in [4.69, 9.17) is 4.42 Å². The summed E-state index contributed by atoms with van der Waals surface area (Å²) >= 11 is 2.04. The molecule has 7 aromatic carbocycles. The van der Waals surface area contributed by atoms with Gasteiger partial charge in [0.1, 0.15) is 5.58 Å². The molecule has 2 fully saturated rings.